The molecule has 0 fully saturated rings. The number of benzene rings is 16. The van der Waals surface area contributed by atoms with Gasteiger partial charge in [0, 0.05) is 76.3 Å². The first-order chi connectivity index (χ1) is 56.9. The van der Waals surface area contributed by atoms with Gasteiger partial charge in [-0.2, -0.15) is 0 Å². The summed E-state index contributed by atoms with van der Waals surface area (Å²) in [6, 6.07) is 127. The number of rotatable bonds is 14. The highest BCUT2D eigenvalue weighted by molar-refractivity contribution is 6.16. The lowest BCUT2D eigenvalue weighted by molar-refractivity contribution is 0.660. The third-order valence-electron chi connectivity index (χ3n) is 23.6. The predicted molar refractivity (Wildman–Crippen MR) is 480 cm³/mol. The Labute approximate surface area is 669 Å². The Morgan fingerprint density at radius 1 is 0.276 bits per heavy atom. The van der Waals surface area contributed by atoms with Crippen LogP contribution in [0.2, 0.25) is 0 Å². The summed E-state index contributed by atoms with van der Waals surface area (Å²) in [6.07, 6.45) is 2.21. The van der Waals surface area contributed by atoms with E-state index in [0.717, 1.165) is 211 Å². The van der Waals surface area contributed by atoms with Crippen LogP contribution in [0.3, 0.4) is 0 Å². The molecule has 7 heteroatoms. The SMILES string of the molecule is C=C(N=C(/C=C(\C)c1ccccc1)c1ccc2c(c1)C(C)(C)c1ccccc1-2)c1cc(-c2ccc3oc4ccccc4c3c2)cc(-c2ccc3oc4cc(-c5ccc6oc7ccc(-c8cc(-c9ccc%10oc%11ccccc%11c%10c9)cc(-c9nc(-c%10ccccc%10)cc(-c%10cccc(-c%11ccccc%11)c%10)n9)c8)cc7c6c5)ccc4c3c2)c1. The lowest BCUT2D eigenvalue weighted by atomic mass is 9.81. The topological polar surface area (TPSA) is 90.7 Å². The molecular formula is C109H71N3O4. The van der Waals surface area contributed by atoms with Gasteiger partial charge in [0.25, 0.3) is 0 Å². The monoisotopic (exact) mass is 1490 g/mol. The fraction of sp³-hybridized carbons (Fsp3) is 0.0367. The van der Waals surface area contributed by atoms with Gasteiger partial charge in [-0.1, -0.05) is 239 Å². The first kappa shape index (κ1) is 67.8. The summed E-state index contributed by atoms with van der Waals surface area (Å²) < 4.78 is 26.3. The van der Waals surface area contributed by atoms with Crippen LogP contribution < -0.4 is 0 Å². The van der Waals surface area contributed by atoms with E-state index in [1.54, 1.807) is 0 Å². The van der Waals surface area contributed by atoms with Crippen molar-refractivity contribution < 1.29 is 17.7 Å². The van der Waals surface area contributed by atoms with E-state index in [0.29, 0.717) is 11.5 Å². The Bertz CT molecular complexity index is 7700. The molecule has 0 spiro atoms. The number of nitrogens with zero attached hydrogens (tertiary/aromatic N) is 3. The molecule has 22 rings (SSSR count). The summed E-state index contributed by atoms with van der Waals surface area (Å²) in [5, 5.41) is 8.29. The zero-order valence-electron chi connectivity index (χ0n) is 63.8. The zero-order valence-corrected chi connectivity index (χ0v) is 63.8. The standard InChI is InChI=1S/C109H71N3O4/c1-65(67-21-8-5-9-22-67)49-97(78-36-42-86-85-29-14-17-32-95(85)109(3,4)96(86)62-78)110-66(2)79-51-80(72-38-45-102-90(58-72)87-30-15-18-33-100(87)113-102)53-81(52-79)73-40-47-104-92(60-73)89-43-35-76(63-107(89)116-104)71-37-44-105-93(57-71)94-61-75(41-48-106(94)115-105)83-54-82(74-39-46-103-91(59-74)88-31-16-19-34-101(88)114-103)55-84(56-83)108-111-98(69-25-12-7-13-26-69)64-99(112-108)77-28-20-27-70(50-77)68-23-10-6-11-24-68/h5-64H,2H2,1,3-4H3/b65-49+,110-97?. The minimum absolute atomic E-state index is 0.198. The number of hydrogen-bond donors (Lipinski definition) is 0. The summed E-state index contributed by atoms with van der Waals surface area (Å²) in [6.45, 7) is 11.6. The van der Waals surface area contributed by atoms with Crippen LogP contribution in [0.15, 0.2) is 393 Å². The van der Waals surface area contributed by atoms with Crippen molar-refractivity contribution in [1.82, 2.24) is 9.97 Å². The number of furan rings is 4. The average molecular weight is 1490 g/mol. The molecule has 0 radical (unpaired) electrons. The molecule has 0 saturated heterocycles. The molecule has 0 unspecified atom stereocenters. The highest BCUT2D eigenvalue weighted by Crippen LogP contribution is 2.50. The van der Waals surface area contributed by atoms with E-state index < -0.39 is 0 Å². The molecule has 0 amide bonds. The molecule has 21 aromatic rings. The van der Waals surface area contributed by atoms with Crippen LogP contribution in [0.1, 0.15) is 48.6 Å². The minimum atomic E-state index is -0.198. The van der Waals surface area contributed by atoms with Crippen LogP contribution >= 0.6 is 0 Å². The first-order valence-corrected chi connectivity index (χ1v) is 39.4. The van der Waals surface area contributed by atoms with Crippen molar-refractivity contribution >= 4 is 105 Å². The fourth-order valence-electron chi connectivity index (χ4n) is 17.5. The predicted octanol–water partition coefficient (Wildman–Crippen LogP) is 29.9. The van der Waals surface area contributed by atoms with Gasteiger partial charge in [-0.3, -0.25) is 0 Å². The zero-order chi connectivity index (χ0) is 77.3. The van der Waals surface area contributed by atoms with E-state index in [1.807, 2.05) is 36.4 Å². The molecule has 1 aliphatic carbocycles. The molecule has 0 aliphatic heterocycles. The normalized spacial score (nSPS) is 12.8. The second-order valence-electron chi connectivity index (χ2n) is 31.1. The molecule has 0 N–H and O–H groups in total. The number of aliphatic imine (C=N–C) groups is 1. The summed E-state index contributed by atoms with van der Waals surface area (Å²) in [5.74, 6) is 0.614. The van der Waals surface area contributed by atoms with Crippen LogP contribution in [-0.4, -0.2) is 15.7 Å². The van der Waals surface area contributed by atoms with E-state index in [2.05, 4.69) is 348 Å². The molecule has 7 nitrogen and oxygen atoms in total. The van der Waals surface area contributed by atoms with Gasteiger partial charge in [0.2, 0.25) is 0 Å². The van der Waals surface area contributed by atoms with E-state index in [-0.39, 0.29) is 5.41 Å². The number of aromatic nitrogens is 2. The smallest absolute Gasteiger partial charge is 0.160 e. The molecule has 1 aliphatic rings. The quantitative estimate of drug-likeness (QED) is 0.101. The molecule has 546 valence electrons. The summed E-state index contributed by atoms with van der Waals surface area (Å²) >= 11 is 0. The highest BCUT2D eigenvalue weighted by atomic mass is 16.3. The Balaban J connectivity index is 0.636. The second-order valence-corrected chi connectivity index (χ2v) is 31.1. The molecule has 0 saturated carbocycles. The fourth-order valence-corrected chi connectivity index (χ4v) is 17.5. The number of allylic oxidation sites excluding steroid dienone is 2. The Morgan fingerprint density at radius 2 is 0.672 bits per heavy atom. The van der Waals surface area contributed by atoms with E-state index >= 15 is 0 Å². The Kier molecular flexibility index (Phi) is 15.9. The number of hydrogen-bond acceptors (Lipinski definition) is 7. The van der Waals surface area contributed by atoms with Crippen molar-refractivity contribution in [3.63, 3.8) is 0 Å². The maximum atomic E-state index is 6.86. The molecule has 16 aromatic carbocycles. The molecule has 0 bridgehead atoms. The van der Waals surface area contributed by atoms with Gasteiger partial charge in [-0.15, -0.1) is 0 Å². The second kappa shape index (κ2) is 27.1. The summed E-state index contributed by atoms with van der Waals surface area (Å²) in [5.41, 5.74) is 34.2. The minimum Gasteiger partial charge on any atom is -0.456 e. The van der Waals surface area contributed by atoms with Crippen LogP contribution in [0.25, 0.3) is 211 Å². The highest BCUT2D eigenvalue weighted by Gasteiger charge is 2.36. The Morgan fingerprint density at radius 3 is 1.25 bits per heavy atom. The number of fused-ring (bicyclic) bond motifs is 15. The lowest BCUT2D eigenvalue weighted by Gasteiger charge is -2.22. The third kappa shape index (κ3) is 11.9. The van der Waals surface area contributed by atoms with Gasteiger partial charge in [-0.25, -0.2) is 15.0 Å². The molecule has 0 atom stereocenters. The third-order valence-corrected chi connectivity index (χ3v) is 23.6. The molecule has 5 aromatic heterocycles. The van der Waals surface area contributed by atoms with E-state index in [9.17, 15) is 0 Å². The van der Waals surface area contributed by atoms with Crippen molar-refractivity contribution in [3.05, 3.63) is 398 Å². The van der Waals surface area contributed by atoms with Crippen molar-refractivity contribution in [1.29, 1.82) is 0 Å². The van der Waals surface area contributed by atoms with E-state index in [1.165, 1.54) is 22.3 Å². The van der Waals surface area contributed by atoms with Crippen molar-refractivity contribution in [3.8, 4) is 112 Å². The largest absolute Gasteiger partial charge is 0.456 e. The van der Waals surface area contributed by atoms with Crippen LogP contribution in [0, 0.1) is 0 Å². The van der Waals surface area contributed by atoms with Crippen molar-refractivity contribution in [2.45, 2.75) is 26.2 Å². The van der Waals surface area contributed by atoms with Gasteiger partial charge >= 0.3 is 0 Å². The van der Waals surface area contributed by atoms with Crippen LogP contribution in [0.4, 0.5) is 0 Å². The molecule has 5 heterocycles. The number of para-hydroxylation sites is 2. The maximum absolute atomic E-state index is 6.86. The van der Waals surface area contributed by atoms with E-state index in [4.69, 9.17) is 39.2 Å². The molecule has 116 heavy (non-hydrogen) atoms. The van der Waals surface area contributed by atoms with Crippen LogP contribution in [-0.2, 0) is 5.41 Å². The van der Waals surface area contributed by atoms with Crippen molar-refractivity contribution in [2.24, 2.45) is 4.99 Å². The van der Waals surface area contributed by atoms with Crippen molar-refractivity contribution in [2.75, 3.05) is 0 Å². The van der Waals surface area contributed by atoms with Gasteiger partial charge in [0.1, 0.15) is 44.7 Å². The van der Waals surface area contributed by atoms with Crippen LogP contribution in [0.5, 0.6) is 0 Å². The molecular weight excluding hydrogens is 1420 g/mol. The average Bonchev–Trinajstić information content (AvgIpc) is 1.58. The summed E-state index contributed by atoms with van der Waals surface area (Å²) in [7, 11) is 0. The van der Waals surface area contributed by atoms with Gasteiger partial charge in [0.05, 0.1) is 22.8 Å². The maximum Gasteiger partial charge on any atom is 0.160 e. The van der Waals surface area contributed by atoms with Gasteiger partial charge < -0.3 is 17.7 Å². The summed E-state index contributed by atoms with van der Waals surface area (Å²) in [4.78, 5) is 16.5. The Hall–Kier alpha value is -15.1. The van der Waals surface area contributed by atoms with Gasteiger partial charge in [-0.05, 0) is 253 Å². The van der Waals surface area contributed by atoms with Gasteiger partial charge in [0.15, 0.2) is 5.82 Å². The lowest BCUT2D eigenvalue weighted by Crippen LogP contribution is -2.15. The first-order valence-electron chi connectivity index (χ1n) is 39.4.